The first-order valence-corrected chi connectivity index (χ1v) is 29.5. The second-order valence-electron chi connectivity index (χ2n) is 12.3. The van der Waals surface area contributed by atoms with Crippen LogP contribution in [0.3, 0.4) is 0 Å². The fourth-order valence-corrected chi connectivity index (χ4v) is 15.1. The summed E-state index contributed by atoms with van der Waals surface area (Å²) in [6.07, 6.45) is 8.97. The van der Waals surface area contributed by atoms with E-state index in [1.807, 2.05) is 21.1 Å². The fraction of sp³-hybridized carbons (Fsp3) is 0.583. The van der Waals surface area contributed by atoms with Gasteiger partial charge < -0.3 is 45.9 Å². The third-order valence-electron chi connectivity index (χ3n) is 7.84. The molecular weight excluding hydrogens is 1230 g/mol. The molecule has 0 bridgehead atoms. The molecule has 6 aromatic heterocycles. The Bertz CT molecular complexity index is 1750. The van der Waals surface area contributed by atoms with Crippen molar-refractivity contribution in [3.05, 3.63) is 55.2 Å². The van der Waals surface area contributed by atoms with Crippen LogP contribution in [-0.2, 0) is 79.6 Å². The van der Waals surface area contributed by atoms with Gasteiger partial charge in [0.05, 0.1) is 19.0 Å². The van der Waals surface area contributed by atoms with Crippen molar-refractivity contribution in [1.82, 2.24) is 58.6 Å². The maximum atomic E-state index is 7.35. The van der Waals surface area contributed by atoms with Crippen molar-refractivity contribution < 1.29 is 58.4 Å². The van der Waals surface area contributed by atoms with Gasteiger partial charge in [-0.25, -0.2) is 29.9 Å². The van der Waals surface area contributed by atoms with Crippen LogP contribution in [0, 0.1) is 0 Å². The molecule has 0 aromatic carbocycles. The van der Waals surface area contributed by atoms with Crippen molar-refractivity contribution >= 4 is 157 Å². The summed E-state index contributed by atoms with van der Waals surface area (Å²) in [6.45, 7) is 0. The molecule has 3 aliphatic heterocycles. The quantitative estimate of drug-likeness (QED) is 0.130. The Labute approximate surface area is 448 Å². The molecule has 3 saturated heterocycles. The molecule has 6 aromatic rings. The van der Waals surface area contributed by atoms with Crippen molar-refractivity contribution in [2.24, 2.45) is 21.1 Å². The molecule has 9 rings (SSSR count). The summed E-state index contributed by atoms with van der Waals surface area (Å²) in [4.78, 5) is 34.9. The van der Waals surface area contributed by atoms with Gasteiger partial charge >= 0.3 is 58.4 Å². The van der Waals surface area contributed by atoms with Crippen molar-refractivity contribution in [2.75, 3.05) is 104 Å². The molecule has 0 aliphatic carbocycles. The van der Waals surface area contributed by atoms with Crippen molar-refractivity contribution in [3.8, 4) is 0 Å². The minimum atomic E-state index is 0. The third kappa shape index (κ3) is 24.3. The Kier molecular flexibility index (Phi) is 36.8. The largest absolute Gasteiger partial charge is 2.00 e. The Morgan fingerprint density at radius 3 is 0.651 bits per heavy atom. The van der Waals surface area contributed by atoms with Crippen LogP contribution < -0.4 is 0 Å². The van der Waals surface area contributed by atoms with Gasteiger partial charge in [-0.15, -0.1) is 0 Å². The van der Waals surface area contributed by atoms with Crippen molar-refractivity contribution in [3.63, 3.8) is 0 Å². The van der Waals surface area contributed by atoms with E-state index in [4.69, 9.17) is 17.2 Å². The molecule has 9 heterocycles. The number of nitrogens with zero attached hydrogens (tertiary/aromatic N) is 12. The first-order valence-electron chi connectivity index (χ1n) is 19.1. The van der Waals surface area contributed by atoms with E-state index in [9.17, 15) is 0 Å². The van der Waals surface area contributed by atoms with Gasteiger partial charge in [0, 0.05) is 144 Å². The van der Waals surface area contributed by atoms with E-state index >= 15 is 0 Å². The summed E-state index contributed by atoms with van der Waals surface area (Å²) in [5.74, 6) is 25.1. The molecule has 3 aliphatic rings. The number of aryl methyl sites for hydroxylation is 3. The zero-order valence-electron chi connectivity index (χ0n) is 35.3. The summed E-state index contributed by atoms with van der Waals surface area (Å²) >= 11 is 18.9. The average Bonchev–Trinajstić information content (AvgIpc) is 4.03. The van der Waals surface area contributed by atoms with Gasteiger partial charge in [0.1, 0.15) is 16.6 Å². The first-order chi connectivity index (χ1) is 29.4. The predicted molar refractivity (Wildman–Crippen MR) is 277 cm³/mol. The monoisotopic (exact) mass is 1290 g/mol. The van der Waals surface area contributed by atoms with Crippen LogP contribution in [0.5, 0.6) is 0 Å². The van der Waals surface area contributed by atoms with E-state index in [2.05, 4.69) is 151 Å². The summed E-state index contributed by atoms with van der Waals surface area (Å²) in [5, 5.41) is 0. The molecule has 0 atom stereocenters. The van der Waals surface area contributed by atoms with Crippen LogP contribution in [0.25, 0.3) is 50.7 Å². The second kappa shape index (κ2) is 38.0. The molecule has 0 unspecified atom stereocenters. The van der Waals surface area contributed by atoms with Gasteiger partial charge in [-0.2, -0.15) is 106 Å². The molecule has 348 valence electrons. The molecule has 0 radical (unpaired) electrons. The average molecular weight is 1290 g/mol. The molecule has 27 heteroatoms. The minimum absolute atomic E-state index is 0. The summed E-state index contributed by atoms with van der Waals surface area (Å²) in [7, 11) is 5.51. The Morgan fingerprint density at radius 2 is 0.492 bits per heavy atom. The number of hydrogen-bond acceptors (Lipinski definition) is 18. The normalized spacial score (nSPS) is 15.9. The maximum Gasteiger partial charge on any atom is 2.00 e. The van der Waals surface area contributed by atoms with E-state index in [1.165, 1.54) is 123 Å². The topological polar surface area (TPSA) is 202 Å². The van der Waals surface area contributed by atoms with Gasteiger partial charge in [-0.1, -0.05) is 0 Å². The Hall–Kier alpha value is 0.0701. The van der Waals surface area contributed by atoms with Gasteiger partial charge in [-0.05, 0) is 17.5 Å². The first kappa shape index (κ1) is 61.1. The molecule has 3 N–H and O–H groups in total. The fourth-order valence-electron chi connectivity index (χ4n) is 4.82. The van der Waals surface area contributed by atoms with Crippen LogP contribution in [-0.4, -0.2) is 162 Å². The number of nitrogens with one attached hydrogen (secondary N) is 3. The van der Waals surface area contributed by atoms with Crippen molar-refractivity contribution in [2.45, 2.75) is 0 Å². The van der Waals surface area contributed by atoms with E-state index < -0.39 is 0 Å². The van der Waals surface area contributed by atoms with Crippen LogP contribution in [0.1, 0.15) is 0 Å². The minimum Gasteiger partial charge on any atom is -0.480 e. The number of thioether (sulfide) groups is 9. The zero-order chi connectivity index (χ0) is 42.6. The molecule has 15 nitrogen and oxygen atoms in total. The van der Waals surface area contributed by atoms with Gasteiger partial charge in [-0.3, -0.25) is 0 Å². The van der Waals surface area contributed by atoms with Crippen LogP contribution in [0.4, 0.5) is 17.5 Å². The zero-order valence-corrected chi connectivity index (χ0v) is 47.9. The number of aromatic nitrogens is 12. The van der Waals surface area contributed by atoms with Gasteiger partial charge in [0.25, 0.3) is 0 Å². The third-order valence-corrected chi connectivity index (χ3v) is 19.0. The van der Waals surface area contributed by atoms with Crippen LogP contribution >= 0.6 is 106 Å². The SMILES string of the molecule is C1CSCCSCCS1.C1CSCCSCCS1.C1CSCCSCCS1.Cn1cnc2c([NH-])ncnc21.Cn1cnc2c([NH-])ncnc21.Cn1cnc2c([NH-])ncnc21.[Ru+2].[Ru+2].[Ru+2]. The number of imidazole rings is 3. The predicted octanol–water partition coefficient (Wildman–Crippen LogP) is 9.73. The summed E-state index contributed by atoms with van der Waals surface area (Å²) in [5.41, 5.74) is 25.8. The number of hydrogen-bond donors (Lipinski definition) is 0. The van der Waals surface area contributed by atoms with E-state index in [0.29, 0.717) is 33.5 Å². The molecule has 0 saturated carbocycles. The smallest absolute Gasteiger partial charge is 0.480 e. The molecule has 0 amide bonds. The Morgan fingerprint density at radius 1 is 0.317 bits per heavy atom. The van der Waals surface area contributed by atoms with Gasteiger partial charge in [0.2, 0.25) is 0 Å². The van der Waals surface area contributed by atoms with E-state index in [-0.39, 0.29) is 75.9 Å². The molecule has 0 spiro atoms. The molecule has 3 fully saturated rings. The Balaban J connectivity index is 0.000000376. The summed E-state index contributed by atoms with van der Waals surface area (Å²) in [6, 6.07) is 0. The van der Waals surface area contributed by atoms with Gasteiger partial charge in [0.15, 0.2) is 16.9 Å². The number of rotatable bonds is 0. The van der Waals surface area contributed by atoms with E-state index in [0.717, 1.165) is 0 Å². The molecule has 63 heavy (non-hydrogen) atoms. The van der Waals surface area contributed by atoms with Crippen molar-refractivity contribution in [1.29, 1.82) is 0 Å². The van der Waals surface area contributed by atoms with Crippen LogP contribution in [0.2, 0.25) is 0 Å². The standard InChI is InChI=1S/3C6H6N5.3C6H12S3.3Ru/c3*1-11-3-10-4-5(7)8-2-9-6(4)11;3*1-2-8-5-6-9-4-3-7-1;;;/h3*2-3H,1H3,(H-,7,8,9);3*1-6H2;;;/q3*-1;;;;3*+2. The number of fused-ring (bicyclic) bond motifs is 3. The maximum absolute atomic E-state index is 7.35. The second-order valence-corrected chi connectivity index (χ2v) is 23.3. The summed E-state index contributed by atoms with van der Waals surface area (Å²) < 4.78 is 5.28. The molecular formula is C36H54N15Ru3S9+3. The van der Waals surface area contributed by atoms with Crippen LogP contribution in [0.15, 0.2) is 38.0 Å². The van der Waals surface area contributed by atoms with E-state index in [1.54, 1.807) is 32.7 Å².